The van der Waals surface area contributed by atoms with Crippen molar-refractivity contribution in [2.24, 2.45) is 0 Å². The summed E-state index contributed by atoms with van der Waals surface area (Å²) in [5.41, 5.74) is 7.66. The number of benzene rings is 3. The fourth-order valence-electron chi connectivity index (χ4n) is 8.89. The molecule has 0 saturated carbocycles. The lowest BCUT2D eigenvalue weighted by Gasteiger charge is -2.37. The fourth-order valence-corrected chi connectivity index (χ4v) is 8.89. The Morgan fingerprint density at radius 3 is 1.85 bits per heavy atom. The summed E-state index contributed by atoms with van der Waals surface area (Å²) < 4.78 is 123. The summed E-state index contributed by atoms with van der Waals surface area (Å²) in [5.74, 6) is 0. The molecule has 4 aliphatic heterocycles. The van der Waals surface area contributed by atoms with Crippen LogP contribution < -0.4 is 14.0 Å². The largest absolute Gasteiger partial charge is 0.741 e. The van der Waals surface area contributed by atoms with E-state index < -0.39 is 31.3 Å². The highest BCUT2D eigenvalue weighted by Gasteiger charge is 2.39. The van der Waals surface area contributed by atoms with Crippen molar-refractivity contribution in [3.63, 3.8) is 0 Å². The molecule has 0 spiro atoms. The Hall–Kier alpha value is -5.10. The molecule has 61 heavy (non-hydrogen) atoms. The van der Waals surface area contributed by atoms with Crippen LogP contribution in [0, 0.1) is 13.8 Å². The van der Waals surface area contributed by atoms with Gasteiger partial charge in [-0.1, -0.05) is 36.4 Å². The molecule has 0 aliphatic carbocycles. The van der Waals surface area contributed by atoms with Crippen molar-refractivity contribution in [3.05, 3.63) is 124 Å². The van der Waals surface area contributed by atoms with Crippen LogP contribution in [0.1, 0.15) is 57.5 Å². The molecule has 6 heterocycles. The average molecular weight is 886 g/mol. The van der Waals surface area contributed by atoms with Crippen molar-refractivity contribution in [3.8, 4) is 22.5 Å². The van der Waals surface area contributed by atoms with Gasteiger partial charge in [0.2, 0.25) is 17.1 Å². The van der Waals surface area contributed by atoms with Gasteiger partial charge < -0.3 is 14.0 Å². The molecule has 0 fully saturated rings. The molecular formula is C44H41F6N3O6S2. The summed E-state index contributed by atoms with van der Waals surface area (Å²) in [5, 5.41) is 2.67. The van der Waals surface area contributed by atoms with Crippen LogP contribution in [-0.2, 0) is 59.0 Å². The minimum atomic E-state index is -6.09. The number of hydrogen-bond donors (Lipinski definition) is 0. The van der Waals surface area contributed by atoms with E-state index in [0.29, 0.717) is 0 Å². The molecule has 0 saturated heterocycles. The minimum Gasteiger partial charge on any atom is -0.741 e. The maximum atomic E-state index is 10.7. The molecule has 322 valence electrons. The predicted octanol–water partition coefficient (Wildman–Crippen LogP) is 8.01. The van der Waals surface area contributed by atoms with E-state index >= 15 is 0 Å². The van der Waals surface area contributed by atoms with E-state index in [0.717, 1.165) is 25.9 Å². The number of pyridine rings is 2. The SMILES string of the molecule is Cc1c(C)c2c(c3c1CC[n+]1ccc4ccccc4c1-3)-c1cccc(/C=C/C=C/c3cc4c5c(c3)CCCN5CCC4)[n+]1CC2.O=S(=O)([O-])C(F)(F)F.O=S(=O)([O-])C(F)(F)F. The van der Waals surface area contributed by atoms with E-state index in [-0.39, 0.29) is 0 Å². The molecule has 0 atom stereocenters. The van der Waals surface area contributed by atoms with Gasteiger partial charge in [-0.2, -0.15) is 35.5 Å². The van der Waals surface area contributed by atoms with Crippen LogP contribution in [0.15, 0.2) is 79.0 Å². The third-order valence-corrected chi connectivity index (χ3v) is 12.8. The number of nitrogens with zero attached hydrogens (tertiary/aromatic N) is 3. The first-order valence-electron chi connectivity index (χ1n) is 19.5. The number of hydrogen-bond acceptors (Lipinski definition) is 7. The smallest absolute Gasteiger partial charge is 0.485 e. The van der Waals surface area contributed by atoms with Crippen molar-refractivity contribution in [1.29, 1.82) is 0 Å². The van der Waals surface area contributed by atoms with Gasteiger partial charge >= 0.3 is 11.0 Å². The monoisotopic (exact) mass is 885 g/mol. The Morgan fingerprint density at radius 2 is 1.25 bits per heavy atom. The number of aromatic nitrogens is 2. The van der Waals surface area contributed by atoms with Gasteiger partial charge in [-0.05, 0) is 108 Å². The number of alkyl halides is 6. The van der Waals surface area contributed by atoms with Crippen molar-refractivity contribution < 1.29 is 61.4 Å². The highest BCUT2D eigenvalue weighted by Crippen LogP contribution is 2.45. The van der Waals surface area contributed by atoms with Crippen LogP contribution in [0.5, 0.6) is 0 Å². The Balaban J connectivity index is 0.000000300. The first-order chi connectivity index (χ1) is 28.7. The zero-order valence-electron chi connectivity index (χ0n) is 33.1. The summed E-state index contributed by atoms with van der Waals surface area (Å²) in [6.07, 6.45) is 18.5. The van der Waals surface area contributed by atoms with E-state index in [4.69, 9.17) is 25.9 Å². The van der Waals surface area contributed by atoms with Gasteiger partial charge in [0.05, 0.1) is 16.5 Å². The van der Waals surface area contributed by atoms with Crippen LogP contribution in [0.4, 0.5) is 32.0 Å². The lowest BCUT2D eigenvalue weighted by atomic mass is 9.79. The van der Waals surface area contributed by atoms with Crippen LogP contribution in [0.2, 0.25) is 0 Å². The second-order valence-corrected chi connectivity index (χ2v) is 18.0. The van der Waals surface area contributed by atoms with Gasteiger partial charge in [0.25, 0.3) is 0 Å². The van der Waals surface area contributed by atoms with Crippen molar-refractivity contribution in [2.75, 3.05) is 18.0 Å². The van der Waals surface area contributed by atoms with Gasteiger partial charge in [0.1, 0.15) is 0 Å². The standard InChI is InChI=1S/C42H41N3.2CHF3O3S/c1-28-29(2)36-19-24-44-23-18-31-11-4-6-16-37(31)42(44)40(36)39-35(28)20-25-45-34(15-7-17-38(39)45)14-5-3-10-30-26-32-12-8-21-43-22-9-13-33(27-30)41(32)43;2*2-1(3,4)8(5,6)7/h3-7,10-11,14-18,23,26-27H,8-9,12-13,19-22,24-25H2,1-2H3;2*(H,5,6,7)/q+2;;/p-2. The molecule has 5 aromatic rings. The molecule has 9 nitrogen and oxygen atoms in total. The quantitative estimate of drug-likeness (QED) is 0.0591. The Bertz CT molecular complexity index is 2760. The molecule has 0 radical (unpaired) electrons. The third-order valence-electron chi connectivity index (χ3n) is 11.7. The fraction of sp³-hybridized carbons (Fsp3) is 0.318. The lowest BCUT2D eigenvalue weighted by molar-refractivity contribution is -0.690. The Morgan fingerprint density at radius 1 is 0.689 bits per heavy atom. The summed E-state index contributed by atoms with van der Waals surface area (Å²) in [4.78, 5) is 2.62. The highest BCUT2D eigenvalue weighted by molar-refractivity contribution is 7.86. The molecule has 2 aromatic heterocycles. The van der Waals surface area contributed by atoms with Crippen LogP contribution in [0.3, 0.4) is 0 Å². The van der Waals surface area contributed by atoms with E-state index in [1.165, 1.54) is 106 Å². The lowest BCUT2D eigenvalue weighted by Crippen LogP contribution is -2.45. The zero-order chi connectivity index (χ0) is 44.1. The van der Waals surface area contributed by atoms with Gasteiger partial charge in [0, 0.05) is 55.9 Å². The summed E-state index contributed by atoms with van der Waals surface area (Å²) in [7, 11) is -12.2. The molecule has 9 rings (SSSR count). The van der Waals surface area contributed by atoms with E-state index in [1.54, 1.807) is 16.8 Å². The summed E-state index contributed by atoms with van der Waals surface area (Å²) in [6, 6.07) is 23.0. The summed E-state index contributed by atoms with van der Waals surface area (Å²) >= 11 is 0. The zero-order valence-corrected chi connectivity index (χ0v) is 34.7. The van der Waals surface area contributed by atoms with Crippen molar-refractivity contribution in [1.82, 2.24) is 0 Å². The average Bonchev–Trinajstić information content (AvgIpc) is 3.20. The van der Waals surface area contributed by atoms with Crippen LogP contribution in [-0.4, -0.2) is 50.0 Å². The van der Waals surface area contributed by atoms with E-state index in [2.05, 4.69) is 119 Å². The molecule has 0 unspecified atom stereocenters. The molecule has 0 bridgehead atoms. The van der Waals surface area contributed by atoms with Crippen molar-refractivity contribution in [2.45, 2.75) is 76.5 Å². The molecule has 3 aromatic carbocycles. The third kappa shape index (κ3) is 8.83. The molecule has 4 aliphatic rings. The van der Waals surface area contributed by atoms with Crippen LogP contribution >= 0.6 is 0 Å². The molecular weight excluding hydrogens is 845 g/mol. The second kappa shape index (κ2) is 16.6. The normalized spacial score (nSPS) is 15.8. The van der Waals surface area contributed by atoms with Crippen molar-refractivity contribution >= 4 is 48.8 Å². The molecule has 0 N–H and O–H groups in total. The summed E-state index contributed by atoms with van der Waals surface area (Å²) in [6.45, 7) is 9.21. The number of aryl methyl sites for hydroxylation is 3. The maximum absolute atomic E-state index is 10.7. The number of halogens is 6. The Labute approximate surface area is 349 Å². The predicted molar refractivity (Wildman–Crippen MR) is 217 cm³/mol. The molecule has 17 heteroatoms. The van der Waals surface area contributed by atoms with E-state index in [9.17, 15) is 26.3 Å². The maximum Gasteiger partial charge on any atom is 0.485 e. The minimum absolute atomic E-state index is 1.01. The highest BCUT2D eigenvalue weighted by atomic mass is 32.2. The number of fused-ring (bicyclic) bond motifs is 9. The number of anilines is 1. The first kappa shape index (κ1) is 44.0. The molecule has 0 amide bonds. The second-order valence-electron chi connectivity index (χ2n) is 15.3. The first-order valence-corrected chi connectivity index (χ1v) is 22.4. The topological polar surface area (TPSA) is 125 Å². The Kier molecular flexibility index (Phi) is 12.0. The van der Waals surface area contributed by atoms with Gasteiger partial charge in [-0.15, -0.1) is 0 Å². The number of rotatable bonds is 3. The van der Waals surface area contributed by atoms with Crippen LogP contribution in [0.25, 0.3) is 45.4 Å². The van der Waals surface area contributed by atoms with Gasteiger partial charge in [-0.3, -0.25) is 0 Å². The van der Waals surface area contributed by atoms with Gasteiger partial charge in [0.15, 0.2) is 39.5 Å². The number of allylic oxidation sites excluding steroid dienone is 2. The van der Waals surface area contributed by atoms with E-state index in [1.807, 2.05) is 0 Å². The van der Waals surface area contributed by atoms with Gasteiger partial charge in [-0.25, -0.2) is 16.8 Å².